The van der Waals surface area contributed by atoms with E-state index < -0.39 is 0 Å². The van der Waals surface area contributed by atoms with Crippen molar-refractivity contribution < 1.29 is 0 Å². The molecule has 1 aliphatic carbocycles. The molecular formula is C15H23N. The molecule has 0 saturated heterocycles. The molecule has 1 unspecified atom stereocenters. The zero-order valence-electron chi connectivity index (χ0n) is 10.9. The third-order valence-corrected chi connectivity index (χ3v) is 3.93. The van der Waals surface area contributed by atoms with Crippen molar-refractivity contribution in [1.82, 2.24) is 0 Å². The van der Waals surface area contributed by atoms with Crippen LogP contribution < -0.4 is 5.73 Å². The Bertz CT molecular complexity index is 365. The third kappa shape index (κ3) is 2.15. The monoisotopic (exact) mass is 217 g/mol. The molecule has 1 atom stereocenters. The smallest absolute Gasteiger partial charge is 0.0349 e. The van der Waals surface area contributed by atoms with E-state index in [-0.39, 0.29) is 11.5 Å². The van der Waals surface area contributed by atoms with Gasteiger partial charge >= 0.3 is 0 Å². The van der Waals surface area contributed by atoms with E-state index in [9.17, 15) is 0 Å². The van der Waals surface area contributed by atoms with E-state index in [2.05, 4.69) is 52.0 Å². The Morgan fingerprint density at radius 1 is 1.12 bits per heavy atom. The van der Waals surface area contributed by atoms with Crippen LogP contribution in [-0.2, 0) is 5.41 Å². The third-order valence-electron chi connectivity index (χ3n) is 3.93. The lowest BCUT2D eigenvalue weighted by molar-refractivity contribution is 0.450. The van der Waals surface area contributed by atoms with Gasteiger partial charge in [-0.25, -0.2) is 0 Å². The fourth-order valence-corrected chi connectivity index (χ4v) is 2.10. The summed E-state index contributed by atoms with van der Waals surface area (Å²) in [5.74, 6) is 0. The van der Waals surface area contributed by atoms with Gasteiger partial charge in [0.2, 0.25) is 0 Å². The summed E-state index contributed by atoms with van der Waals surface area (Å²) in [7, 11) is 0. The van der Waals surface area contributed by atoms with Gasteiger partial charge in [-0.1, -0.05) is 52.0 Å². The van der Waals surface area contributed by atoms with Crippen LogP contribution in [0.1, 0.15) is 57.7 Å². The highest BCUT2D eigenvalue weighted by molar-refractivity contribution is 5.30. The van der Waals surface area contributed by atoms with Gasteiger partial charge in [0.15, 0.2) is 0 Å². The quantitative estimate of drug-likeness (QED) is 0.801. The number of benzene rings is 1. The summed E-state index contributed by atoms with van der Waals surface area (Å²) in [5.41, 5.74) is 9.55. The molecule has 88 valence electrons. The van der Waals surface area contributed by atoms with E-state index >= 15 is 0 Å². The van der Waals surface area contributed by atoms with E-state index in [1.54, 1.807) is 0 Å². The summed E-state index contributed by atoms with van der Waals surface area (Å²) in [6.07, 6.45) is 2.55. The zero-order valence-corrected chi connectivity index (χ0v) is 10.9. The van der Waals surface area contributed by atoms with E-state index in [0.717, 1.165) is 0 Å². The van der Waals surface area contributed by atoms with E-state index in [0.29, 0.717) is 5.41 Å². The number of hydrogen-bond acceptors (Lipinski definition) is 1. The molecule has 1 heteroatoms. The molecule has 1 fully saturated rings. The lowest BCUT2D eigenvalue weighted by Gasteiger charge is -2.22. The van der Waals surface area contributed by atoms with Crippen LogP contribution in [0.4, 0.5) is 0 Å². The first-order valence-corrected chi connectivity index (χ1v) is 6.19. The summed E-state index contributed by atoms with van der Waals surface area (Å²) >= 11 is 0. The molecule has 0 aliphatic heterocycles. The Morgan fingerprint density at radius 2 is 1.62 bits per heavy atom. The van der Waals surface area contributed by atoms with Gasteiger partial charge in [0.1, 0.15) is 0 Å². The topological polar surface area (TPSA) is 26.0 Å². The van der Waals surface area contributed by atoms with Gasteiger partial charge in [-0.2, -0.15) is 0 Å². The van der Waals surface area contributed by atoms with Gasteiger partial charge in [-0.05, 0) is 34.8 Å². The summed E-state index contributed by atoms with van der Waals surface area (Å²) < 4.78 is 0. The normalized spacial score (nSPS) is 20.6. The fourth-order valence-electron chi connectivity index (χ4n) is 2.10. The van der Waals surface area contributed by atoms with Crippen LogP contribution in [-0.4, -0.2) is 0 Å². The summed E-state index contributed by atoms with van der Waals surface area (Å²) in [6, 6.07) is 9.06. The highest BCUT2D eigenvalue weighted by Crippen LogP contribution is 2.53. The molecule has 0 aromatic heterocycles. The molecule has 0 spiro atoms. The summed E-state index contributed by atoms with van der Waals surface area (Å²) in [5, 5.41) is 0. The first kappa shape index (κ1) is 11.7. The van der Waals surface area contributed by atoms with Crippen molar-refractivity contribution in [2.75, 3.05) is 0 Å². The van der Waals surface area contributed by atoms with Crippen LogP contribution in [0.5, 0.6) is 0 Å². The lowest BCUT2D eigenvalue weighted by atomic mass is 9.85. The Balaban J connectivity index is 2.19. The average molecular weight is 217 g/mol. The van der Waals surface area contributed by atoms with Crippen molar-refractivity contribution in [1.29, 1.82) is 0 Å². The lowest BCUT2D eigenvalue weighted by Crippen LogP contribution is -2.20. The minimum atomic E-state index is 0.210. The molecule has 1 saturated carbocycles. The van der Waals surface area contributed by atoms with Gasteiger partial charge < -0.3 is 5.73 Å². The average Bonchev–Trinajstić information content (AvgIpc) is 2.96. The molecule has 0 radical (unpaired) electrons. The maximum atomic E-state index is 6.29. The predicted octanol–water partition coefficient (Wildman–Crippen LogP) is 3.78. The van der Waals surface area contributed by atoms with Gasteiger partial charge in [0.05, 0.1) is 0 Å². The zero-order chi connectivity index (χ0) is 12.0. The van der Waals surface area contributed by atoms with Crippen molar-refractivity contribution >= 4 is 0 Å². The second kappa shape index (κ2) is 3.59. The first-order chi connectivity index (χ1) is 7.33. The molecule has 2 rings (SSSR count). The molecule has 0 bridgehead atoms. The van der Waals surface area contributed by atoms with Gasteiger partial charge in [0.25, 0.3) is 0 Å². The first-order valence-electron chi connectivity index (χ1n) is 6.19. The Morgan fingerprint density at radius 3 is 2.00 bits per heavy atom. The van der Waals surface area contributed by atoms with Gasteiger partial charge in [-0.3, -0.25) is 0 Å². The molecular weight excluding hydrogens is 194 g/mol. The van der Waals surface area contributed by atoms with Crippen molar-refractivity contribution in [3.8, 4) is 0 Å². The maximum Gasteiger partial charge on any atom is 0.0349 e. The molecule has 16 heavy (non-hydrogen) atoms. The molecule has 0 amide bonds. The molecule has 2 N–H and O–H groups in total. The minimum absolute atomic E-state index is 0.210. The van der Waals surface area contributed by atoms with Crippen LogP contribution in [0.15, 0.2) is 24.3 Å². The van der Waals surface area contributed by atoms with E-state index in [4.69, 9.17) is 5.73 Å². The molecule has 1 aromatic rings. The second-order valence-corrected chi connectivity index (χ2v) is 6.50. The van der Waals surface area contributed by atoms with Gasteiger partial charge in [-0.15, -0.1) is 0 Å². The van der Waals surface area contributed by atoms with Crippen LogP contribution in [0.25, 0.3) is 0 Å². The molecule has 1 aromatic carbocycles. The summed E-state index contributed by atoms with van der Waals surface area (Å²) in [6.45, 7) is 9.01. The van der Waals surface area contributed by atoms with E-state index in [1.165, 1.54) is 24.0 Å². The van der Waals surface area contributed by atoms with Crippen LogP contribution in [0.2, 0.25) is 0 Å². The Labute approximate surface area is 99.0 Å². The van der Waals surface area contributed by atoms with Crippen molar-refractivity contribution in [3.05, 3.63) is 35.4 Å². The van der Waals surface area contributed by atoms with Crippen molar-refractivity contribution in [2.45, 2.75) is 52.0 Å². The van der Waals surface area contributed by atoms with Gasteiger partial charge in [0, 0.05) is 6.04 Å². The minimum Gasteiger partial charge on any atom is -0.323 e. The number of hydrogen-bond donors (Lipinski definition) is 1. The van der Waals surface area contributed by atoms with Crippen molar-refractivity contribution in [2.24, 2.45) is 11.1 Å². The maximum absolute atomic E-state index is 6.29. The van der Waals surface area contributed by atoms with E-state index in [1.807, 2.05) is 0 Å². The van der Waals surface area contributed by atoms with Crippen LogP contribution >= 0.6 is 0 Å². The highest BCUT2D eigenvalue weighted by Gasteiger charge is 2.43. The molecule has 1 nitrogen and oxygen atoms in total. The van der Waals surface area contributed by atoms with Crippen LogP contribution in [0.3, 0.4) is 0 Å². The SMILES string of the molecule is CC(C)(C)c1ccc(C(N)C2(C)CC2)cc1. The largest absolute Gasteiger partial charge is 0.323 e. The molecule has 0 heterocycles. The summed E-state index contributed by atoms with van der Waals surface area (Å²) in [4.78, 5) is 0. The number of rotatable bonds is 2. The second-order valence-electron chi connectivity index (χ2n) is 6.50. The predicted molar refractivity (Wildman–Crippen MR) is 69.4 cm³/mol. The highest BCUT2D eigenvalue weighted by atomic mass is 14.7. The number of nitrogens with two attached hydrogens (primary N) is 1. The van der Waals surface area contributed by atoms with Crippen LogP contribution in [0, 0.1) is 5.41 Å². The van der Waals surface area contributed by atoms with Crippen molar-refractivity contribution in [3.63, 3.8) is 0 Å². The molecule has 1 aliphatic rings. The standard InChI is InChI=1S/C15H23N/c1-14(2,3)12-7-5-11(6-8-12)13(16)15(4)9-10-15/h5-8,13H,9-10,16H2,1-4H3. The fraction of sp³-hybridized carbons (Fsp3) is 0.600. The Kier molecular flexibility index (Phi) is 2.62. The Hall–Kier alpha value is -0.820.